The van der Waals surface area contributed by atoms with Gasteiger partial charge in [0.2, 0.25) is 0 Å². The van der Waals surface area contributed by atoms with Crippen molar-refractivity contribution in [3.8, 4) is 0 Å². The average molecular weight is 351 g/mol. The summed E-state index contributed by atoms with van der Waals surface area (Å²) in [4.78, 5) is 6.77. The molecule has 24 heavy (non-hydrogen) atoms. The van der Waals surface area contributed by atoms with Gasteiger partial charge in [-0.3, -0.25) is 0 Å². The molecule has 0 radical (unpaired) electrons. The van der Waals surface area contributed by atoms with Crippen LogP contribution >= 0.6 is 11.6 Å². The van der Waals surface area contributed by atoms with E-state index in [0.29, 0.717) is 24.0 Å². The zero-order valence-electron chi connectivity index (χ0n) is 14.1. The lowest BCUT2D eigenvalue weighted by Crippen LogP contribution is -2.52. The summed E-state index contributed by atoms with van der Waals surface area (Å²) in [7, 11) is 0. The van der Waals surface area contributed by atoms with Crippen LogP contribution in [-0.2, 0) is 4.74 Å². The van der Waals surface area contributed by atoms with Crippen LogP contribution in [0.2, 0.25) is 5.02 Å². The van der Waals surface area contributed by atoms with E-state index in [0.717, 1.165) is 50.1 Å². The monoisotopic (exact) mass is 350 g/mol. The van der Waals surface area contributed by atoms with Crippen molar-refractivity contribution in [1.29, 1.82) is 0 Å². The summed E-state index contributed by atoms with van der Waals surface area (Å²) in [6, 6.07) is 5.46. The Morgan fingerprint density at radius 2 is 2.29 bits per heavy atom. The Labute approximate surface area is 149 Å². The van der Waals surface area contributed by atoms with Crippen molar-refractivity contribution in [3.05, 3.63) is 23.4 Å². The van der Waals surface area contributed by atoms with E-state index in [2.05, 4.69) is 20.5 Å². The molecule has 6 heteroatoms. The minimum atomic E-state index is 0.515. The maximum atomic E-state index is 6.30. The number of nitrogens with zero attached hydrogens (tertiary/aromatic N) is 2. The van der Waals surface area contributed by atoms with Crippen LogP contribution in [0.15, 0.2) is 18.3 Å². The molecular weight excluding hydrogens is 324 g/mol. The summed E-state index contributed by atoms with van der Waals surface area (Å²) in [5.41, 5.74) is 0. The molecule has 1 aliphatic carbocycles. The molecule has 0 aromatic carbocycles. The van der Waals surface area contributed by atoms with Crippen LogP contribution in [0.3, 0.4) is 0 Å². The lowest BCUT2D eigenvalue weighted by atomic mass is 9.93. The van der Waals surface area contributed by atoms with Crippen LogP contribution in [0.5, 0.6) is 0 Å². The average Bonchev–Trinajstić information content (AvgIpc) is 3.26. The number of pyridine rings is 1. The second-order valence-electron chi connectivity index (χ2n) is 7.24. The summed E-state index contributed by atoms with van der Waals surface area (Å²) >= 11 is 6.30. The molecule has 132 valence electrons. The van der Waals surface area contributed by atoms with Gasteiger partial charge in [0, 0.05) is 44.0 Å². The quantitative estimate of drug-likeness (QED) is 0.870. The molecule has 5 nitrogen and oxygen atoms in total. The molecule has 3 heterocycles. The molecule has 2 N–H and O–H groups in total. The van der Waals surface area contributed by atoms with Gasteiger partial charge in [-0.05, 0) is 37.3 Å². The summed E-state index contributed by atoms with van der Waals surface area (Å²) in [5, 5.41) is 8.34. The van der Waals surface area contributed by atoms with Gasteiger partial charge in [-0.15, -0.1) is 0 Å². The van der Waals surface area contributed by atoms with Gasteiger partial charge in [-0.2, -0.15) is 0 Å². The third-order valence-corrected chi connectivity index (χ3v) is 6.01. The summed E-state index contributed by atoms with van der Waals surface area (Å²) in [6.45, 7) is 4.72. The molecule has 1 aromatic heterocycles. The van der Waals surface area contributed by atoms with E-state index in [1.807, 2.05) is 18.3 Å². The van der Waals surface area contributed by atoms with Gasteiger partial charge in [-0.1, -0.05) is 18.0 Å². The Morgan fingerprint density at radius 1 is 1.33 bits per heavy atom. The molecule has 0 spiro atoms. The number of morpholine rings is 1. The number of hydrogen-bond acceptors (Lipinski definition) is 5. The maximum Gasteiger partial charge on any atom is 0.147 e. The van der Waals surface area contributed by atoms with Crippen LogP contribution in [0, 0.1) is 5.92 Å². The molecule has 1 aromatic rings. The van der Waals surface area contributed by atoms with Gasteiger partial charge in [0.25, 0.3) is 0 Å². The minimum absolute atomic E-state index is 0.515. The predicted molar refractivity (Wildman–Crippen MR) is 96.7 cm³/mol. The van der Waals surface area contributed by atoms with Gasteiger partial charge in [0.15, 0.2) is 0 Å². The van der Waals surface area contributed by atoms with Gasteiger partial charge < -0.3 is 20.3 Å². The van der Waals surface area contributed by atoms with Gasteiger partial charge in [0.05, 0.1) is 18.2 Å². The van der Waals surface area contributed by atoms with E-state index >= 15 is 0 Å². The first-order valence-electron chi connectivity index (χ1n) is 9.24. The molecular formula is C18H27ClN4O. The van der Waals surface area contributed by atoms with E-state index < -0.39 is 0 Å². The first-order chi connectivity index (χ1) is 11.8. The number of hydrogen-bond donors (Lipinski definition) is 2. The topological polar surface area (TPSA) is 49.4 Å². The van der Waals surface area contributed by atoms with E-state index in [1.54, 1.807) is 0 Å². The number of halogens is 1. The lowest BCUT2D eigenvalue weighted by molar-refractivity contribution is 0.0518. The largest absolute Gasteiger partial charge is 0.379 e. The van der Waals surface area contributed by atoms with Crippen molar-refractivity contribution in [2.24, 2.45) is 5.92 Å². The number of nitrogens with one attached hydrogen (secondary N) is 2. The highest BCUT2D eigenvalue weighted by atomic mass is 35.5. The Balaban J connectivity index is 1.35. The molecule has 4 unspecified atom stereocenters. The second kappa shape index (κ2) is 7.56. The zero-order valence-corrected chi connectivity index (χ0v) is 14.8. The summed E-state index contributed by atoms with van der Waals surface area (Å²) in [5.74, 6) is 1.62. The van der Waals surface area contributed by atoms with Crippen molar-refractivity contribution in [2.75, 3.05) is 37.7 Å². The van der Waals surface area contributed by atoms with Crippen LogP contribution in [-0.4, -0.2) is 56.0 Å². The van der Waals surface area contributed by atoms with Crippen LogP contribution < -0.4 is 15.5 Å². The fourth-order valence-electron chi connectivity index (χ4n) is 4.54. The Bertz CT molecular complexity index is 552. The van der Waals surface area contributed by atoms with Crippen molar-refractivity contribution >= 4 is 17.4 Å². The Hall–Kier alpha value is -0.880. The van der Waals surface area contributed by atoms with Crippen molar-refractivity contribution < 1.29 is 4.74 Å². The number of ether oxygens (including phenoxy) is 1. The standard InChI is InChI=1S/C18H27ClN4O/c19-15-4-2-7-21-18(15)23-9-6-13(11-23)22-16-5-1-3-14(16)17-12-24-10-8-20-17/h2,4,7,13-14,16-17,20,22H,1,3,5-6,8-12H2. The maximum absolute atomic E-state index is 6.30. The number of rotatable bonds is 4. The molecule has 2 aliphatic heterocycles. The highest BCUT2D eigenvalue weighted by Crippen LogP contribution is 2.31. The van der Waals surface area contributed by atoms with Crippen molar-refractivity contribution in [3.63, 3.8) is 0 Å². The fraction of sp³-hybridized carbons (Fsp3) is 0.722. The lowest BCUT2D eigenvalue weighted by Gasteiger charge is -2.34. The molecule has 3 aliphatic rings. The first kappa shape index (κ1) is 16.6. The fourth-order valence-corrected chi connectivity index (χ4v) is 4.78. The molecule has 0 bridgehead atoms. The normalized spacial score (nSPS) is 34.0. The zero-order chi connectivity index (χ0) is 16.4. The Morgan fingerprint density at radius 3 is 3.12 bits per heavy atom. The van der Waals surface area contributed by atoms with Crippen LogP contribution in [0.1, 0.15) is 25.7 Å². The molecule has 2 saturated heterocycles. The summed E-state index contributed by atoms with van der Waals surface area (Å²) < 4.78 is 5.68. The van der Waals surface area contributed by atoms with Crippen molar-refractivity contribution in [1.82, 2.24) is 15.6 Å². The highest BCUT2D eigenvalue weighted by molar-refractivity contribution is 6.32. The summed E-state index contributed by atoms with van der Waals surface area (Å²) in [6.07, 6.45) is 6.89. The molecule has 0 amide bonds. The van der Waals surface area contributed by atoms with Crippen LogP contribution in [0.25, 0.3) is 0 Å². The molecule has 4 rings (SSSR count). The second-order valence-corrected chi connectivity index (χ2v) is 7.65. The van der Waals surface area contributed by atoms with E-state index in [9.17, 15) is 0 Å². The first-order valence-corrected chi connectivity index (χ1v) is 9.61. The third kappa shape index (κ3) is 3.54. The molecule has 3 fully saturated rings. The van der Waals surface area contributed by atoms with Crippen LogP contribution in [0.4, 0.5) is 5.82 Å². The third-order valence-electron chi connectivity index (χ3n) is 5.71. The smallest absolute Gasteiger partial charge is 0.147 e. The highest BCUT2D eigenvalue weighted by Gasteiger charge is 2.37. The predicted octanol–water partition coefficient (Wildman–Crippen LogP) is 2.06. The van der Waals surface area contributed by atoms with Gasteiger partial charge in [-0.25, -0.2) is 4.98 Å². The molecule has 1 saturated carbocycles. The van der Waals surface area contributed by atoms with E-state index in [-0.39, 0.29) is 0 Å². The SMILES string of the molecule is Clc1cccnc1N1CCC(NC2CCCC2C2COCCN2)C1. The number of aromatic nitrogens is 1. The van der Waals surface area contributed by atoms with E-state index in [4.69, 9.17) is 16.3 Å². The van der Waals surface area contributed by atoms with Crippen molar-refractivity contribution in [2.45, 2.75) is 43.8 Å². The minimum Gasteiger partial charge on any atom is -0.379 e. The van der Waals surface area contributed by atoms with Gasteiger partial charge >= 0.3 is 0 Å². The van der Waals surface area contributed by atoms with E-state index in [1.165, 1.54) is 19.3 Å². The molecule has 4 atom stereocenters. The van der Waals surface area contributed by atoms with Gasteiger partial charge in [0.1, 0.15) is 5.82 Å². The Kier molecular flexibility index (Phi) is 5.22. The number of anilines is 1.